The standard InChI is InChI=1S/C17H16N4O4/c1-23-13-4-2-3-5-14(13)24-11-15(22)19-10-16-20-21-17(25-16)12-6-8-18-9-7-12/h2-9H,10-11H2,1H3,(H,19,22). The number of rotatable bonds is 7. The predicted molar refractivity (Wildman–Crippen MR) is 87.9 cm³/mol. The Morgan fingerprint density at radius 1 is 1.12 bits per heavy atom. The van der Waals surface area contributed by atoms with Gasteiger partial charge in [0.05, 0.1) is 13.7 Å². The summed E-state index contributed by atoms with van der Waals surface area (Å²) in [6.45, 7) is -0.0298. The van der Waals surface area contributed by atoms with Gasteiger partial charge >= 0.3 is 0 Å². The molecule has 25 heavy (non-hydrogen) atoms. The smallest absolute Gasteiger partial charge is 0.258 e. The van der Waals surface area contributed by atoms with E-state index in [-0.39, 0.29) is 19.1 Å². The van der Waals surface area contributed by atoms with Crippen LogP contribution in [0.25, 0.3) is 11.5 Å². The fourth-order valence-corrected chi connectivity index (χ4v) is 2.04. The summed E-state index contributed by atoms with van der Waals surface area (Å²) < 4.78 is 16.1. The van der Waals surface area contributed by atoms with Gasteiger partial charge in [-0.15, -0.1) is 10.2 Å². The van der Waals surface area contributed by atoms with Crippen LogP contribution in [0.4, 0.5) is 0 Å². The molecule has 2 aromatic heterocycles. The molecule has 0 saturated carbocycles. The number of carbonyl (C=O) groups is 1. The fourth-order valence-electron chi connectivity index (χ4n) is 2.04. The van der Waals surface area contributed by atoms with Gasteiger partial charge in [-0.25, -0.2) is 0 Å². The molecule has 0 saturated heterocycles. The first-order valence-electron chi connectivity index (χ1n) is 7.51. The molecule has 0 spiro atoms. The number of benzene rings is 1. The number of hydrogen-bond acceptors (Lipinski definition) is 7. The van der Waals surface area contributed by atoms with Crippen LogP contribution in [0.2, 0.25) is 0 Å². The lowest BCUT2D eigenvalue weighted by Gasteiger charge is -2.09. The van der Waals surface area contributed by atoms with E-state index in [9.17, 15) is 4.79 Å². The lowest BCUT2D eigenvalue weighted by atomic mass is 10.3. The van der Waals surface area contributed by atoms with Crippen molar-refractivity contribution in [3.05, 3.63) is 54.7 Å². The summed E-state index contributed by atoms with van der Waals surface area (Å²) in [5.74, 6) is 1.43. The Morgan fingerprint density at radius 3 is 2.64 bits per heavy atom. The Hall–Kier alpha value is -3.42. The second kappa shape index (κ2) is 7.91. The van der Waals surface area contributed by atoms with Crippen LogP contribution < -0.4 is 14.8 Å². The summed E-state index contributed by atoms with van der Waals surface area (Å²) >= 11 is 0. The Labute approximate surface area is 143 Å². The van der Waals surface area contributed by atoms with Crippen molar-refractivity contribution in [1.29, 1.82) is 0 Å². The molecule has 0 radical (unpaired) electrons. The highest BCUT2D eigenvalue weighted by Gasteiger charge is 2.11. The summed E-state index contributed by atoms with van der Waals surface area (Å²) in [5.41, 5.74) is 0.764. The third-order valence-corrected chi connectivity index (χ3v) is 3.26. The molecular formula is C17H16N4O4. The average molecular weight is 340 g/mol. The highest BCUT2D eigenvalue weighted by molar-refractivity contribution is 5.77. The zero-order chi connectivity index (χ0) is 17.5. The number of aromatic nitrogens is 3. The number of ether oxygens (including phenoxy) is 2. The van der Waals surface area contributed by atoms with E-state index in [1.54, 1.807) is 42.7 Å². The van der Waals surface area contributed by atoms with Crippen LogP contribution in [-0.4, -0.2) is 34.8 Å². The molecule has 3 rings (SSSR count). The predicted octanol–water partition coefficient (Wildman–Crippen LogP) is 1.84. The number of carbonyl (C=O) groups excluding carboxylic acids is 1. The summed E-state index contributed by atoms with van der Waals surface area (Å²) in [6, 6.07) is 10.6. The van der Waals surface area contributed by atoms with Crippen LogP contribution in [0, 0.1) is 0 Å². The molecule has 1 aromatic carbocycles. The van der Waals surface area contributed by atoms with Crippen LogP contribution in [0.5, 0.6) is 11.5 Å². The SMILES string of the molecule is COc1ccccc1OCC(=O)NCc1nnc(-c2ccncc2)o1. The minimum absolute atomic E-state index is 0.117. The zero-order valence-electron chi connectivity index (χ0n) is 13.5. The second-order valence-electron chi connectivity index (χ2n) is 4.95. The molecule has 0 unspecified atom stereocenters. The molecule has 0 atom stereocenters. The third kappa shape index (κ3) is 4.31. The van der Waals surface area contributed by atoms with Crippen LogP contribution in [0.15, 0.2) is 53.2 Å². The monoisotopic (exact) mass is 340 g/mol. The number of pyridine rings is 1. The van der Waals surface area contributed by atoms with Crippen molar-refractivity contribution in [3.8, 4) is 23.0 Å². The number of nitrogens with one attached hydrogen (secondary N) is 1. The lowest BCUT2D eigenvalue weighted by molar-refractivity contribution is -0.123. The molecule has 1 N–H and O–H groups in total. The molecular weight excluding hydrogens is 324 g/mol. The van der Waals surface area contributed by atoms with Gasteiger partial charge in [-0.05, 0) is 24.3 Å². The van der Waals surface area contributed by atoms with Gasteiger partial charge in [0, 0.05) is 18.0 Å². The van der Waals surface area contributed by atoms with Crippen molar-refractivity contribution in [2.75, 3.05) is 13.7 Å². The maximum Gasteiger partial charge on any atom is 0.258 e. The molecule has 3 aromatic rings. The van der Waals surface area contributed by atoms with Crippen LogP contribution >= 0.6 is 0 Å². The van der Waals surface area contributed by atoms with Gasteiger partial charge in [0.25, 0.3) is 5.91 Å². The van der Waals surface area contributed by atoms with E-state index in [1.807, 2.05) is 6.07 Å². The van der Waals surface area contributed by atoms with Crippen molar-refractivity contribution in [3.63, 3.8) is 0 Å². The molecule has 0 bridgehead atoms. The molecule has 8 nitrogen and oxygen atoms in total. The number of para-hydroxylation sites is 2. The van der Waals surface area contributed by atoms with E-state index in [0.717, 1.165) is 5.56 Å². The lowest BCUT2D eigenvalue weighted by Crippen LogP contribution is -2.28. The molecule has 0 aliphatic rings. The maximum absolute atomic E-state index is 11.9. The van der Waals surface area contributed by atoms with E-state index < -0.39 is 0 Å². The number of nitrogens with zero attached hydrogens (tertiary/aromatic N) is 3. The van der Waals surface area contributed by atoms with E-state index >= 15 is 0 Å². The van der Waals surface area contributed by atoms with Crippen molar-refractivity contribution in [2.45, 2.75) is 6.54 Å². The summed E-state index contributed by atoms with van der Waals surface area (Å²) in [5, 5.41) is 10.5. The zero-order valence-corrected chi connectivity index (χ0v) is 13.5. The minimum atomic E-state index is -0.311. The van der Waals surface area contributed by atoms with Gasteiger partial charge < -0.3 is 19.2 Å². The number of hydrogen-bond donors (Lipinski definition) is 1. The van der Waals surface area contributed by atoms with Crippen molar-refractivity contribution in [2.24, 2.45) is 0 Å². The third-order valence-electron chi connectivity index (χ3n) is 3.26. The first-order chi connectivity index (χ1) is 12.3. The van der Waals surface area contributed by atoms with Crippen LogP contribution in [0.3, 0.4) is 0 Å². The minimum Gasteiger partial charge on any atom is -0.493 e. The van der Waals surface area contributed by atoms with Crippen molar-refractivity contribution >= 4 is 5.91 Å². The van der Waals surface area contributed by atoms with E-state index in [0.29, 0.717) is 23.3 Å². The van der Waals surface area contributed by atoms with Gasteiger partial charge in [0.1, 0.15) is 0 Å². The molecule has 0 aliphatic carbocycles. The first-order valence-corrected chi connectivity index (χ1v) is 7.51. The number of methoxy groups -OCH3 is 1. The highest BCUT2D eigenvalue weighted by atomic mass is 16.5. The Morgan fingerprint density at radius 2 is 1.88 bits per heavy atom. The highest BCUT2D eigenvalue weighted by Crippen LogP contribution is 2.25. The fraction of sp³-hybridized carbons (Fsp3) is 0.176. The average Bonchev–Trinajstić information content (AvgIpc) is 3.14. The molecule has 0 fully saturated rings. The summed E-state index contributed by atoms with van der Waals surface area (Å²) in [4.78, 5) is 15.8. The van der Waals surface area contributed by atoms with Crippen LogP contribution in [-0.2, 0) is 11.3 Å². The van der Waals surface area contributed by atoms with Crippen molar-refractivity contribution in [1.82, 2.24) is 20.5 Å². The van der Waals surface area contributed by atoms with Gasteiger partial charge in [-0.2, -0.15) is 0 Å². The van der Waals surface area contributed by atoms with E-state index in [2.05, 4.69) is 20.5 Å². The molecule has 0 aliphatic heterocycles. The van der Waals surface area contributed by atoms with E-state index in [4.69, 9.17) is 13.9 Å². The van der Waals surface area contributed by atoms with Crippen molar-refractivity contribution < 1.29 is 18.7 Å². The molecule has 1 amide bonds. The molecule has 128 valence electrons. The summed E-state index contributed by atoms with van der Waals surface area (Å²) in [6.07, 6.45) is 3.27. The number of amides is 1. The van der Waals surface area contributed by atoms with Gasteiger partial charge in [0.2, 0.25) is 11.8 Å². The van der Waals surface area contributed by atoms with Gasteiger partial charge in [-0.3, -0.25) is 9.78 Å². The summed E-state index contributed by atoms with van der Waals surface area (Å²) in [7, 11) is 1.54. The van der Waals surface area contributed by atoms with Crippen LogP contribution in [0.1, 0.15) is 5.89 Å². The largest absolute Gasteiger partial charge is 0.493 e. The second-order valence-corrected chi connectivity index (χ2v) is 4.95. The van der Waals surface area contributed by atoms with Gasteiger partial charge in [0.15, 0.2) is 18.1 Å². The topological polar surface area (TPSA) is 99.4 Å². The quantitative estimate of drug-likeness (QED) is 0.700. The first kappa shape index (κ1) is 16.4. The maximum atomic E-state index is 11.9. The molecule has 2 heterocycles. The van der Waals surface area contributed by atoms with E-state index in [1.165, 1.54) is 7.11 Å². The Bertz CT molecular complexity index is 835. The van der Waals surface area contributed by atoms with Gasteiger partial charge in [-0.1, -0.05) is 12.1 Å². The molecule has 8 heteroatoms. The normalized spacial score (nSPS) is 10.3. The Kier molecular flexibility index (Phi) is 5.20. The Balaban J connectivity index is 1.50.